The third-order valence-corrected chi connectivity index (χ3v) is 13.7. The smallest absolute Gasteiger partial charge is 0.0462 e. The molecule has 0 aromatic heterocycles. The maximum absolute atomic E-state index is 2.37. The zero-order valence-electron chi connectivity index (χ0n) is 43.9. The van der Waals surface area contributed by atoms with Crippen molar-refractivity contribution in [2.45, 2.75) is 20.3 Å². The molecule has 0 aliphatic carbocycles. The van der Waals surface area contributed by atoms with Crippen molar-refractivity contribution in [3.8, 4) is 22.3 Å². The molecule has 376 valence electrons. The van der Waals surface area contributed by atoms with Gasteiger partial charge in [0.25, 0.3) is 0 Å². The zero-order chi connectivity index (χ0) is 52.4. The van der Waals surface area contributed by atoms with E-state index in [9.17, 15) is 0 Å². The average Bonchev–Trinajstić information content (AvgIpc) is 3.50. The Morgan fingerprint density at radius 1 is 0.312 bits per heavy atom. The van der Waals surface area contributed by atoms with Gasteiger partial charge in [-0.15, -0.1) is 0 Å². The highest BCUT2D eigenvalue weighted by molar-refractivity contribution is 5.83. The first-order valence-corrected chi connectivity index (χ1v) is 26.7. The quantitative estimate of drug-likeness (QED) is 0.0706. The summed E-state index contributed by atoms with van der Waals surface area (Å²) < 4.78 is 0. The molecule has 0 radical (unpaired) electrons. The number of hydrogen-bond donors (Lipinski definition) is 0. The van der Waals surface area contributed by atoms with Gasteiger partial charge in [-0.25, -0.2) is 0 Å². The third-order valence-electron chi connectivity index (χ3n) is 13.7. The van der Waals surface area contributed by atoms with Crippen LogP contribution in [0.1, 0.15) is 25.8 Å². The van der Waals surface area contributed by atoms with Crippen molar-refractivity contribution < 1.29 is 0 Å². The Hall–Kier alpha value is -9.64. The van der Waals surface area contributed by atoms with Gasteiger partial charge >= 0.3 is 0 Å². The van der Waals surface area contributed by atoms with Crippen molar-refractivity contribution in [1.82, 2.24) is 0 Å². The second-order valence-corrected chi connectivity index (χ2v) is 18.7. The number of anilines is 10. The lowest BCUT2D eigenvalue weighted by Crippen LogP contribution is -2.16. The molecule has 10 aromatic rings. The van der Waals surface area contributed by atoms with Gasteiger partial charge in [0.2, 0.25) is 0 Å². The Bertz CT molecular complexity index is 3460. The van der Waals surface area contributed by atoms with E-state index in [1.807, 2.05) is 6.92 Å². The summed E-state index contributed by atoms with van der Waals surface area (Å²) in [6.45, 7) is 5.73. The van der Waals surface area contributed by atoms with Gasteiger partial charge in [-0.2, -0.15) is 0 Å². The van der Waals surface area contributed by atoms with Crippen LogP contribution in [-0.2, 0) is 0 Å². The molecule has 4 nitrogen and oxygen atoms in total. The lowest BCUT2D eigenvalue weighted by molar-refractivity contribution is 1.09. The van der Waals surface area contributed by atoms with E-state index >= 15 is 0 Å². The molecule has 10 aromatic carbocycles. The minimum absolute atomic E-state index is 0.705. The lowest BCUT2D eigenvalue weighted by atomic mass is 10.0. The summed E-state index contributed by atoms with van der Waals surface area (Å²) >= 11 is 0. The topological polar surface area (TPSA) is 13.0 Å². The van der Waals surface area contributed by atoms with Gasteiger partial charge in [-0.1, -0.05) is 201 Å². The van der Waals surface area contributed by atoms with Gasteiger partial charge in [-0.3, -0.25) is 0 Å². The van der Waals surface area contributed by atoms with E-state index < -0.39 is 0 Å². The summed E-state index contributed by atoms with van der Waals surface area (Å²) in [5.74, 6) is 0. The van der Waals surface area contributed by atoms with Crippen LogP contribution in [0.4, 0.5) is 56.9 Å². The normalized spacial score (nSPS) is 11.6. The van der Waals surface area contributed by atoms with E-state index in [-0.39, 0.29) is 0 Å². The molecule has 0 amide bonds. The maximum atomic E-state index is 2.37. The van der Waals surface area contributed by atoms with Crippen molar-refractivity contribution in [3.05, 3.63) is 321 Å². The fraction of sp³-hybridized carbons (Fsp3) is 0.0685. The molecule has 77 heavy (non-hydrogen) atoms. The van der Waals surface area contributed by atoms with Crippen molar-refractivity contribution >= 4 is 62.4 Å². The number of para-hydroxylation sites is 5. The molecule has 0 heterocycles. The fourth-order valence-electron chi connectivity index (χ4n) is 9.78. The second-order valence-electron chi connectivity index (χ2n) is 18.7. The third kappa shape index (κ3) is 12.7. The SMILES string of the molecule is C/C=C\C=C/CN(c1ccccc1)c1ccc(-c2ccc(N(C/C=C\C(=C/CC)c3ccc(N(c4ccccc4)c4ccc(-c5ccc(N(c6ccccc6)c6ccccc6)cc5)cc4)cc3)c3ccccc3)cc2)cc1. The summed E-state index contributed by atoms with van der Waals surface area (Å²) in [6, 6.07) is 97.6. The van der Waals surface area contributed by atoms with Gasteiger partial charge < -0.3 is 19.6 Å². The largest absolute Gasteiger partial charge is 0.338 e. The Balaban J connectivity index is 0.848. The highest BCUT2D eigenvalue weighted by Crippen LogP contribution is 2.39. The summed E-state index contributed by atoms with van der Waals surface area (Å²) in [4.78, 5) is 9.33. The first-order chi connectivity index (χ1) is 38.1. The number of allylic oxidation sites excluding steroid dienone is 6. The maximum Gasteiger partial charge on any atom is 0.0462 e. The van der Waals surface area contributed by atoms with E-state index in [0.717, 1.165) is 69.7 Å². The van der Waals surface area contributed by atoms with Crippen LogP contribution in [0.25, 0.3) is 27.8 Å². The van der Waals surface area contributed by atoms with E-state index in [4.69, 9.17) is 0 Å². The van der Waals surface area contributed by atoms with Crippen LogP contribution in [0.5, 0.6) is 0 Å². The molecular formula is C73H64N4. The van der Waals surface area contributed by atoms with Crippen LogP contribution in [0.15, 0.2) is 316 Å². The molecule has 0 saturated carbocycles. The van der Waals surface area contributed by atoms with E-state index in [1.165, 1.54) is 33.5 Å². The molecular weight excluding hydrogens is 933 g/mol. The standard InChI is InChI=1S/C73H64N4/c1-3-5-6-22-56-74(64-26-12-7-13-27-64)66-46-36-60(37-47-66)61-38-48-67(49-39-61)75(65-28-14-8-15-29-65)57-23-25-58(24-4-2)59-40-50-72(51-41-59)77(70-34-20-11-21-35-70)73-54-44-63(45-55-73)62-42-52-71(53-43-62)76(68-30-16-9-17-31-68)69-32-18-10-19-33-69/h3,5-55H,4,56-57H2,1-2H3/b5-3-,22-6-,25-23-,58-24+. The zero-order valence-corrected chi connectivity index (χ0v) is 43.9. The first-order valence-electron chi connectivity index (χ1n) is 26.7. The minimum Gasteiger partial charge on any atom is -0.338 e. The van der Waals surface area contributed by atoms with Gasteiger partial charge in [0.1, 0.15) is 0 Å². The lowest BCUT2D eigenvalue weighted by Gasteiger charge is -2.26. The summed E-state index contributed by atoms with van der Waals surface area (Å²) in [6.07, 6.45) is 16.2. The number of hydrogen-bond acceptors (Lipinski definition) is 4. The fourth-order valence-corrected chi connectivity index (χ4v) is 9.78. The van der Waals surface area contributed by atoms with E-state index in [1.54, 1.807) is 0 Å². The minimum atomic E-state index is 0.705. The van der Waals surface area contributed by atoms with Crippen molar-refractivity contribution in [1.29, 1.82) is 0 Å². The second kappa shape index (κ2) is 25.5. The Kier molecular flexibility index (Phi) is 16.9. The molecule has 0 spiro atoms. The van der Waals surface area contributed by atoms with Crippen LogP contribution >= 0.6 is 0 Å². The summed E-state index contributed by atoms with van der Waals surface area (Å²) in [5, 5.41) is 0. The van der Waals surface area contributed by atoms with Crippen molar-refractivity contribution in [3.63, 3.8) is 0 Å². The molecule has 0 aliphatic rings. The molecule has 0 atom stereocenters. The molecule has 0 bridgehead atoms. The number of nitrogens with zero attached hydrogens (tertiary/aromatic N) is 4. The monoisotopic (exact) mass is 997 g/mol. The summed E-state index contributed by atoms with van der Waals surface area (Å²) in [7, 11) is 0. The van der Waals surface area contributed by atoms with Gasteiger partial charge in [0.15, 0.2) is 0 Å². The number of rotatable bonds is 20. The van der Waals surface area contributed by atoms with Crippen molar-refractivity contribution in [2.24, 2.45) is 0 Å². The molecule has 4 heteroatoms. The van der Waals surface area contributed by atoms with Crippen LogP contribution in [0.2, 0.25) is 0 Å². The molecule has 10 rings (SSSR count). The summed E-state index contributed by atoms with van der Waals surface area (Å²) in [5.41, 5.74) is 18.3. The molecule has 0 saturated heterocycles. The molecule has 0 N–H and O–H groups in total. The molecule has 0 fully saturated rings. The highest BCUT2D eigenvalue weighted by atomic mass is 15.2. The predicted molar refractivity (Wildman–Crippen MR) is 331 cm³/mol. The van der Waals surface area contributed by atoms with Gasteiger partial charge in [0, 0.05) is 70.0 Å². The van der Waals surface area contributed by atoms with Crippen LogP contribution in [-0.4, -0.2) is 13.1 Å². The average molecular weight is 997 g/mol. The van der Waals surface area contributed by atoms with Crippen molar-refractivity contribution in [2.75, 3.05) is 32.7 Å². The number of benzene rings is 10. The van der Waals surface area contributed by atoms with Crippen LogP contribution in [0.3, 0.4) is 0 Å². The van der Waals surface area contributed by atoms with Crippen LogP contribution in [0, 0.1) is 0 Å². The van der Waals surface area contributed by atoms with Gasteiger partial charge in [-0.05, 0) is 168 Å². The van der Waals surface area contributed by atoms with Crippen LogP contribution < -0.4 is 19.6 Å². The Morgan fingerprint density at radius 3 is 0.935 bits per heavy atom. The first kappa shape index (κ1) is 50.9. The Labute approximate surface area is 456 Å². The predicted octanol–water partition coefficient (Wildman–Crippen LogP) is 20.4. The van der Waals surface area contributed by atoms with Gasteiger partial charge in [0.05, 0.1) is 0 Å². The highest BCUT2D eigenvalue weighted by Gasteiger charge is 2.16. The molecule has 0 aliphatic heterocycles. The van der Waals surface area contributed by atoms with E-state index in [0.29, 0.717) is 6.54 Å². The Morgan fingerprint density at radius 2 is 0.597 bits per heavy atom. The van der Waals surface area contributed by atoms with E-state index in [2.05, 4.69) is 342 Å². The molecule has 0 unspecified atom stereocenters.